The van der Waals surface area contributed by atoms with Gasteiger partial charge in [-0.3, -0.25) is 14.4 Å². The maximum atomic E-state index is 14.0. The minimum atomic E-state index is -1.10. The van der Waals surface area contributed by atoms with Crippen LogP contribution in [0, 0.1) is 11.8 Å². The third-order valence-corrected chi connectivity index (χ3v) is 8.09. The number of carbonyl (C=O) groups is 3. The molecular weight excluding hydrogens is 462 g/mol. The molecule has 3 saturated heterocycles. The Labute approximate surface area is 212 Å². The number of nitrogens with one attached hydrogen (secondary N) is 2. The molecular formula is C27H39N3O6. The average Bonchev–Trinajstić information content (AvgIpc) is 3.45. The molecule has 4 rings (SSSR count). The van der Waals surface area contributed by atoms with Crippen LogP contribution in [0.3, 0.4) is 0 Å². The molecule has 2 unspecified atom stereocenters. The Morgan fingerprint density at radius 1 is 1.17 bits per heavy atom. The summed E-state index contributed by atoms with van der Waals surface area (Å²) in [6.07, 6.45) is 2.14. The van der Waals surface area contributed by atoms with E-state index in [1.165, 1.54) is 4.90 Å². The number of aliphatic hydroxyl groups excluding tert-OH is 1. The predicted octanol–water partition coefficient (Wildman–Crippen LogP) is 2.47. The molecule has 198 valence electrons. The lowest BCUT2D eigenvalue weighted by Crippen LogP contribution is -2.58. The topological polar surface area (TPSA) is 117 Å². The van der Waals surface area contributed by atoms with E-state index in [0.29, 0.717) is 43.7 Å². The Balaban J connectivity index is 1.71. The summed E-state index contributed by atoms with van der Waals surface area (Å²) in [5.74, 6) is -1.71. The lowest BCUT2D eigenvalue weighted by Gasteiger charge is -2.37. The maximum absolute atomic E-state index is 14.0. The Morgan fingerprint density at radius 2 is 1.86 bits per heavy atom. The molecule has 1 aromatic rings. The van der Waals surface area contributed by atoms with Gasteiger partial charge in [-0.15, -0.1) is 0 Å². The Kier molecular flexibility index (Phi) is 7.35. The van der Waals surface area contributed by atoms with Crippen molar-refractivity contribution < 1.29 is 29.0 Å². The minimum absolute atomic E-state index is 0.128. The van der Waals surface area contributed by atoms with Gasteiger partial charge in [-0.1, -0.05) is 13.8 Å². The van der Waals surface area contributed by atoms with Crippen molar-refractivity contribution in [3.63, 3.8) is 0 Å². The minimum Gasteiger partial charge on any atom is -0.494 e. The standard InChI is InChI=1S/C27H39N3O6/c1-6-18(15-31)30-22(24(33)28-16(4)5)27-14-13-26(7-2,36-27)20(21(27)25(30)34)23(32)29-17-9-11-19(12-10-17)35-8-3/h9-12,16,18,20-22,31H,6-8,13-15H2,1-5H3,(H,28,33)(H,29,32)/t18-,20+,21-,22?,26-,27?/m0/s1. The smallest absolute Gasteiger partial charge is 0.246 e. The molecule has 3 aliphatic rings. The molecule has 1 spiro atoms. The molecule has 1 aromatic carbocycles. The van der Waals surface area contributed by atoms with Crippen molar-refractivity contribution in [2.75, 3.05) is 18.5 Å². The summed E-state index contributed by atoms with van der Waals surface area (Å²) in [5, 5.41) is 16.0. The third-order valence-electron chi connectivity index (χ3n) is 8.09. The van der Waals surface area contributed by atoms with Crippen LogP contribution in [0.2, 0.25) is 0 Å². The highest BCUT2D eigenvalue weighted by Gasteiger charge is 2.79. The molecule has 3 fully saturated rings. The van der Waals surface area contributed by atoms with Crippen molar-refractivity contribution in [3.8, 4) is 5.75 Å². The van der Waals surface area contributed by atoms with Gasteiger partial charge in [0.15, 0.2) is 0 Å². The highest BCUT2D eigenvalue weighted by Crippen LogP contribution is 2.64. The Hall–Kier alpha value is -2.65. The van der Waals surface area contributed by atoms with Crippen LogP contribution in [0.25, 0.3) is 0 Å². The number of hydrogen-bond donors (Lipinski definition) is 3. The summed E-state index contributed by atoms with van der Waals surface area (Å²) in [4.78, 5) is 42.9. The van der Waals surface area contributed by atoms with E-state index in [1.54, 1.807) is 24.3 Å². The monoisotopic (exact) mass is 501 g/mol. The van der Waals surface area contributed by atoms with E-state index in [9.17, 15) is 19.5 Å². The number of hydrogen-bond acceptors (Lipinski definition) is 6. The zero-order chi connectivity index (χ0) is 26.3. The van der Waals surface area contributed by atoms with Gasteiger partial charge in [-0.05, 0) is 70.7 Å². The fourth-order valence-corrected chi connectivity index (χ4v) is 6.55. The first-order valence-electron chi connectivity index (χ1n) is 13.1. The molecule has 3 aliphatic heterocycles. The van der Waals surface area contributed by atoms with E-state index in [1.807, 2.05) is 34.6 Å². The van der Waals surface area contributed by atoms with Crippen molar-refractivity contribution in [3.05, 3.63) is 24.3 Å². The summed E-state index contributed by atoms with van der Waals surface area (Å²) in [6.45, 7) is 9.76. The van der Waals surface area contributed by atoms with Crippen molar-refractivity contribution in [2.45, 2.75) is 89.6 Å². The molecule has 3 N–H and O–H groups in total. The summed E-state index contributed by atoms with van der Waals surface area (Å²) in [5.41, 5.74) is -1.32. The van der Waals surface area contributed by atoms with Gasteiger partial charge in [0.2, 0.25) is 17.7 Å². The number of likely N-dealkylation sites (tertiary alicyclic amines) is 1. The van der Waals surface area contributed by atoms with Gasteiger partial charge in [-0.25, -0.2) is 0 Å². The van der Waals surface area contributed by atoms with Crippen LogP contribution >= 0.6 is 0 Å². The lowest BCUT2D eigenvalue weighted by atomic mass is 9.65. The summed E-state index contributed by atoms with van der Waals surface area (Å²) in [7, 11) is 0. The molecule has 3 amide bonds. The first kappa shape index (κ1) is 26.4. The van der Waals surface area contributed by atoms with Gasteiger partial charge in [0.25, 0.3) is 0 Å². The van der Waals surface area contributed by atoms with Crippen LogP contribution in [0.1, 0.15) is 60.3 Å². The van der Waals surface area contributed by atoms with Gasteiger partial charge >= 0.3 is 0 Å². The van der Waals surface area contributed by atoms with Crippen molar-refractivity contribution in [2.24, 2.45) is 11.8 Å². The highest BCUT2D eigenvalue weighted by atomic mass is 16.5. The predicted molar refractivity (Wildman–Crippen MR) is 134 cm³/mol. The normalized spacial score (nSPS) is 31.5. The van der Waals surface area contributed by atoms with E-state index >= 15 is 0 Å². The maximum Gasteiger partial charge on any atom is 0.246 e. The molecule has 9 nitrogen and oxygen atoms in total. The van der Waals surface area contributed by atoms with Crippen LogP contribution in [0.15, 0.2) is 24.3 Å². The number of carbonyl (C=O) groups excluding carboxylic acids is 3. The number of fused-ring (bicyclic) bond motifs is 1. The number of ether oxygens (including phenoxy) is 2. The van der Waals surface area contributed by atoms with Gasteiger partial charge in [0.05, 0.1) is 36.7 Å². The number of aliphatic hydroxyl groups is 1. The number of nitrogens with zero attached hydrogens (tertiary/aromatic N) is 1. The van der Waals surface area contributed by atoms with Crippen molar-refractivity contribution >= 4 is 23.4 Å². The summed E-state index contributed by atoms with van der Waals surface area (Å²) >= 11 is 0. The number of amides is 3. The molecule has 36 heavy (non-hydrogen) atoms. The van der Waals surface area contributed by atoms with Crippen LogP contribution in [0.5, 0.6) is 5.75 Å². The zero-order valence-electron chi connectivity index (χ0n) is 21.9. The van der Waals surface area contributed by atoms with Gasteiger partial charge in [0.1, 0.15) is 17.4 Å². The molecule has 6 atom stereocenters. The second kappa shape index (κ2) is 10.0. The Morgan fingerprint density at radius 3 is 2.42 bits per heavy atom. The molecule has 0 aromatic heterocycles. The fraction of sp³-hybridized carbons (Fsp3) is 0.667. The van der Waals surface area contributed by atoms with Gasteiger partial charge in [0, 0.05) is 11.7 Å². The Bertz CT molecular complexity index is 994. The second-order valence-electron chi connectivity index (χ2n) is 10.4. The lowest BCUT2D eigenvalue weighted by molar-refractivity contribution is -0.150. The fourth-order valence-electron chi connectivity index (χ4n) is 6.55. The van der Waals surface area contributed by atoms with E-state index in [2.05, 4.69) is 10.6 Å². The quantitative estimate of drug-likeness (QED) is 0.454. The van der Waals surface area contributed by atoms with Crippen LogP contribution < -0.4 is 15.4 Å². The van der Waals surface area contributed by atoms with E-state index in [0.717, 1.165) is 0 Å². The average molecular weight is 502 g/mol. The number of anilines is 1. The van der Waals surface area contributed by atoms with E-state index < -0.39 is 35.1 Å². The molecule has 0 saturated carbocycles. The molecule has 0 radical (unpaired) electrons. The van der Waals surface area contributed by atoms with Crippen molar-refractivity contribution in [1.82, 2.24) is 10.2 Å². The van der Waals surface area contributed by atoms with E-state index in [-0.39, 0.29) is 30.4 Å². The van der Waals surface area contributed by atoms with Crippen LogP contribution in [-0.4, -0.2) is 70.3 Å². The number of benzene rings is 1. The molecule has 3 heterocycles. The SMILES string of the molecule is CCOc1ccc(NC(=O)[C@H]2[C@H]3C(=O)N([C@@H](CC)CO)C(C(=O)NC(C)C)C34CC[C@]2(CC)O4)cc1. The van der Waals surface area contributed by atoms with Crippen molar-refractivity contribution in [1.29, 1.82) is 0 Å². The van der Waals surface area contributed by atoms with E-state index in [4.69, 9.17) is 9.47 Å². The first-order chi connectivity index (χ1) is 17.2. The number of rotatable bonds is 10. The largest absolute Gasteiger partial charge is 0.494 e. The summed E-state index contributed by atoms with van der Waals surface area (Å²) < 4.78 is 12.2. The molecule has 0 aliphatic carbocycles. The molecule has 2 bridgehead atoms. The molecule has 9 heteroatoms. The second-order valence-corrected chi connectivity index (χ2v) is 10.4. The summed E-state index contributed by atoms with van der Waals surface area (Å²) in [6, 6.07) is 5.56. The van der Waals surface area contributed by atoms with Gasteiger partial charge < -0.3 is 30.1 Å². The third kappa shape index (κ3) is 4.06. The zero-order valence-corrected chi connectivity index (χ0v) is 21.9. The van der Waals surface area contributed by atoms with Gasteiger partial charge in [-0.2, -0.15) is 0 Å². The van der Waals surface area contributed by atoms with Crippen LogP contribution in [-0.2, 0) is 19.1 Å². The first-order valence-corrected chi connectivity index (χ1v) is 13.1. The van der Waals surface area contributed by atoms with Crippen LogP contribution in [0.4, 0.5) is 5.69 Å². The highest BCUT2D eigenvalue weighted by molar-refractivity contribution is 6.02.